The molecule has 2 aliphatic carbocycles. The van der Waals surface area contributed by atoms with E-state index < -0.39 is 0 Å². The first-order valence-corrected chi connectivity index (χ1v) is 18.5. The number of nitrogens with zero attached hydrogens (tertiary/aromatic N) is 2. The van der Waals surface area contributed by atoms with Gasteiger partial charge in [0.2, 0.25) is 0 Å². The van der Waals surface area contributed by atoms with Gasteiger partial charge in [-0.05, 0) is 81.9 Å². The van der Waals surface area contributed by atoms with Crippen molar-refractivity contribution in [3.63, 3.8) is 0 Å². The van der Waals surface area contributed by atoms with Crippen molar-refractivity contribution < 1.29 is 0 Å². The van der Waals surface area contributed by atoms with Gasteiger partial charge in [0, 0.05) is 50.8 Å². The fourth-order valence-corrected chi connectivity index (χ4v) is 8.73. The van der Waals surface area contributed by atoms with Gasteiger partial charge in [0.1, 0.15) is 0 Å². The Morgan fingerprint density at radius 3 is 1.87 bits per heavy atom. The SMILES string of the molecule is CC1(C)c2ccccc2C2=C=CC(N(c3ccc(-c4ccccc4)cc3)c3ccc(-c4cccc5c4c4ccccc4n5-c4ccccc4)cc3)=CC21. The molecule has 0 saturated heterocycles. The number of benzene rings is 7. The van der Waals surface area contributed by atoms with Gasteiger partial charge in [0.05, 0.1) is 16.7 Å². The van der Waals surface area contributed by atoms with Crippen LogP contribution in [0.25, 0.3) is 55.3 Å². The molecule has 2 heteroatoms. The van der Waals surface area contributed by atoms with Crippen molar-refractivity contribution in [1.82, 2.24) is 4.57 Å². The lowest BCUT2D eigenvalue weighted by Crippen LogP contribution is -2.25. The molecular formula is C51H38N2. The van der Waals surface area contributed by atoms with Crippen LogP contribution in [0.2, 0.25) is 0 Å². The second-order valence-electron chi connectivity index (χ2n) is 14.7. The van der Waals surface area contributed by atoms with Crippen molar-refractivity contribution in [2.24, 2.45) is 5.92 Å². The van der Waals surface area contributed by atoms with Crippen LogP contribution in [0.4, 0.5) is 11.4 Å². The predicted molar refractivity (Wildman–Crippen MR) is 223 cm³/mol. The normalized spacial score (nSPS) is 15.5. The molecule has 2 aliphatic rings. The summed E-state index contributed by atoms with van der Waals surface area (Å²) >= 11 is 0. The molecule has 0 N–H and O–H groups in total. The highest BCUT2D eigenvalue weighted by atomic mass is 15.1. The Labute approximate surface area is 310 Å². The number of hydrogen-bond donors (Lipinski definition) is 0. The summed E-state index contributed by atoms with van der Waals surface area (Å²) in [5.41, 5.74) is 19.5. The molecule has 0 amide bonds. The van der Waals surface area contributed by atoms with Crippen molar-refractivity contribution in [2.45, 2.75) is 19.3 Å². The van der Waals surface area contributed by atoms with Gasteiger partial charge < -0.3 is 9.47 Å². The first-order valence-electron chi connectivity index (χ1n) is 18.5. The number of anilines is 2. The predicted octanol–water partition coefficient (Wildman–Crippen LogP) is 13.3. The number of para-hydroxylation sites is 2. The zero-order valence-electron chi connectivity index (χ0n) is 29.9. The molecule has 7 aromatic carbocycles. The quantitative estimate of drug-likeness (QED) is 0.159. The van der Waals surface area contributed by atoms with Crippen LogP contribution in [0.3, 0.4) is 0 Å². The van der Waals surface area contributed by atoms with E-state index in [2.05, 4.69) is 217 Å². The molecule has 252 valence electrons. The lowest BCUT2D eigenvalue weighted by atomic mass is 9.76. The third-order valence-corrected chi connectivity index (χ3v) is 11.4. The third-order valence-electron chi connectivity index (χ3n) is 11.4. The molecule has 1 unspecified atom stereocenters. The smallest absolute Gasteiger partial charge is 0.0547 e. The topological polar surface area (TPSA) is 8.17 Å². The van der Waals surface area contributed by atoms with E-state index in [4.69, 9.17) is 0 Å². The Morgan fingerprint density at radius 2 is 1.11 bits per heavy atom. The van der Waals surface area contributed by atoms with E-state index in [1.165, 1.54) is 66.4 Å². The highest BCUT2D eigenvalue weighted by Crippen LogP contribution is 2.52. The van der Waals surface area contributed by atoms with Crippen LogP contribution in [0.1, 0.15) is 25.0 Å². The lowest BCUT2D eigenvalue weighted by Gasteiger charge is -2.32. The van der Waals surface area contributed by atoms with Crippen molar-refractivity contribution in [2.75, 3.05) is 4.90 Å². The molecule has 1 heterocycles. The molecule has 0 fully saturated rings. The minimum absolute atomic E-state index is 0.0389. The Bertz CT molecular complexity index is 2760. The molecule has 10 rings (SSSR count). The van der Waals surface area contributed by atoms with Gasteiger partial charge in [-0.2, -0.15) is 0 Å². The van der Waals surface area contributed by atoms with E-state index in [1.807, 2.05) is 0 Å². The molecular weight excluding hydrogens is 641 g/mol. The van der Waals surface area contributed by atoms with E-state index in [0.29, 0.717) is 0 Å². The Morgan fingerprint density at radius 1 is 0.528 bits per heavy atom. The maximum atomic E-state index is 3.77. The monoisotopic (exact) mass is 678 g/mol. The second kappa shape index (κ2) is 12.3. The number of aromatic nitrogens is 1. The molecule has 0 aliphatic heterocycles. The largest absolute Gasteiger partial charge is 0.310 e. The fourth-order valence-electron chi connectivity index (χ4n) is 8.73. The average Bonchev–Trinajstić information content (AvgIpc) is 3.68. The lowest BCUT2D eigenvalue weighted by molar-refractivity contribution is 0.475. The van der Waals surface area contributed by atoms with E-state index in [1.54, 1.807) is 0 Å². The minimum Gasteiger partial charge on any atom is -0.310 e. The van der Waals surface area contributed by atoms with E-state index in [9.17, 15) is 0 Å². The first-order chi connectivity index (χ1) is 26.1. The summed E-state index contributed by atoms with van der Waals surface area (Å²) in [6.07, 6.45) is 4.65. The standard InChI is InChI=1S/C51H38N2/c1-51(2)46-21-11-9-18-43(46)44-33-32-41(34-47(44)51)52(39-28-24-36(25-29-39)35-14-5-3-6-15-35)40-30-26-37(27-31-40)42-20-13-23-49-50(42)45-19-10-12-22-48(45)53(49)38-16-7-4-8-17-38/h3-32,34,47H,1-2H3. The van der Waals surface area contributed by atoms with Gasteiger partial charge in [-0.15, -0.1) is 5.73 Å². The summed E-state index contributed by atoms with van der Waals surface area (Å²) in [4.78, 5) is 2.39. The fraction of sp³-hybridized carbons (Fsp3) is 0.0784. The molecule has 0 spiro atoms. The van der Waals surface area contributed by atoms with Gasteiger partial charge in [0.25, 0.3) is 0 Å². The van der Waals surface area contributed by atoms with Gasteiger partial charge in [-0.3, -0.25) is 0 Å². The zero-order chi connectivity index (χ0) is 35.5. The van der Waals surface area contributed by atoms with E-state index in [-0.39, 0.29) is 11.3 Å². The number of fused-ring (bicyclic) bond motifs is 6. The third kappa shape index (κ3) is 5.03. The van der Waals surface area contributed by atoms with Crippen LogP contribution in [0, 0.1) is 5.92 Å². The summed E-state index contributed by atoms with van der Waals surface area (Å²) in [5.74, 6) is 0.227. The summed E-state index contributed by atoms with van der Waals surface area (Å²) in [5, 5.41) is 2.53. The molecule has 1 atom stereocenters. The second-order valence-corrected chi connectivity index (χ2v) is 14.7. The Balaban J connectivity index is 1.10. The minimum atomic E-state index is -0.0389. The number of hydrogen-bond acceptors (Lipinski definition) is 1. The van der Waals surface area contributed by atoms with Crippen LogP contribution in [0.5, 0.6) is 0 Å². The number of rotatable bonds is 6. The van der Waals surface area contributed by atoms with Crippen LogP contribution < -0.4 is 4.90 Å². The van der Waals surface area contributed by atoms with Crippen LogP contribution in [-0.2, 0) is 5.41 Å². The van der Waals surface area contributed by atoms with Gasteiger partial charge in [-0.25, -0.2) is 0 Å². The molecule has 2 nitrogen and oxygen atoms in total. The Kier molecular flexibility index (Phi) is 7.22. The van der Waals surface area contributed by atoms with Crippen molar-refractivity contribution >= 4 is 38.8 Å². The van der Waals surface area contributed by atoms with Gasteiger partial charge >= 0.3 is 0 Å². The summed E-state index contributed by atoms with van der Waals surface area (Å²) in [7, 11) is 0. The summed E-state index contributed by atoms with van der Waals surface area (Å²) in [6, 6.07) is 63.7. The molecule has 8 aromatic rings. The molecule has 0 radical (unpaired) electrons. The first kappa shape index (κ1) is 31.2. The van der Waals surface area contributed by atoms with Crippen molar-refractivity contribution in [1.29, 1.82) is 0 Å². The van der Waals surface area contributed by atoms with Crippen LogP contribution in [-0.4, -0.2) is 4.57 Å². The zero-order valence-corrected chi connectivity index (χ0v) is 29.9. The highest BCUT2D eigenvalue weighted by molar-refractivity contribution is 6.15. The highest BCUT2D eigenvalue weighted by Gasteiger charge is 2.43. The van der Waals surface area contributed by atoms with Crippen LogP contribution >= 0.6 is 0 Å². The summed E-state index contributed by atoms with van der Waals surface area (Å²) in [6.45, 7) is 4.74. The van der Waals surface area contributed by atoms with E-state index in [0.717, 1.165) is 17.1 Å². The number of allylic oxidation sites excluding steroid dienone is 2. The maximum Gasteiger partial charge on any atom is 0.0547 e. The van der Waals surface area contributed by atoms with Crippen LogP contribution in [0.15, 0.2) is 200 Å². The molecule has 0 bridgehead atoms. The molecule has 1 aromatic heterocycles. The van der Waals surface area contributed by atoms with Crippen molar-refractivity contribution in [3.8, 4) is 27.9 Å². The molecule has 0 saturated carbocycles. The van der Waals surface area contributed by atoms with E-state index >= 15 is 0 Å². The summed E-state index contributed by atoms with van der Waals surface area (Å²) < 4.78 is 2.38. The maximum absolute atomic E-state index is 3.77. The van der Waals surface area contributed by atoms with Gasteiger partial charge in [0.15, 0.2) is 0 Å². The average molecular weight is 679 g/mol. The Hall–Kier alpha value is -6.60. The van der Waals surface area contributed by atoms with Crippen molar-refractivity contribution in [3.05, 3.63) is 211 Å². The van der Waals surface area contributed by atoms with Gasteiger partial charge in [-0.1, -0.05) is 147 Å². The molecule has 53 heavy (non-hydrogen) atoms.